The Kier molecular flexibility index (Phi) is 12.6. The smallest absolute Gasteiger partial charge is 0.129 e. The quantitative estimate of drug-likeness (QED) is 0.169. The van der Waals surface area contributed by atoms with Crippen molar-refractivity contribution in [3.8, 4) is 0 Å². The summed E-state index contributed by atoms with van der Waals surface area (Å²) in [4.78, 5) is 0. The maximum atomic E-state index is 2.32. The average Bonchev–Trinajstić information content (AvgIpc) is 2.50. The van der Waals surface area contributed by atoms with Crippen molar-refractivity contribution in [1.29, 1.82) is 0 Å². The maximum absolute atomic E-state index is 2.32. The lowest BCUT2D eigenvalue weighted by Gasteiger charge is -2.55. The predicted octanol–water partition coefficient (Wildman–Crippen LogP) is -2.18. The minimum absolute atomic E-state index is 0. The van der Waals surface area contributed by atoms with Gasteiger partial charge >= 0.3 is 0 Å². The van der Waals surface area contributed by atoms with Gasteiger partial charge in [0.2, 0.25) is 0 Å². The Morgan fingerprint density at radius 1 is 0.500 bits per heavy atom. The first-order valence-corrected chi connectivity index (χ1v) is 9.44. The van der Waals surface area contributed by atoms with E-state index in [2.05, 4.69) is 13.8 Å². The van der Waals surface area contributed by atoms with E-state index in [9.17, 15) is 0 Å². The first kappa shape index (κ1) is 23.4. The van der Waals surface area contributed by atoms with E-state index in [0.717, 1.165) is 0 Å². The highest BCUT2D eigenvalue weighted by Crippen LogP contribution is 2.28. The van der Waals surface area contributed by atoms with Crippen LogP contribution in [0.3, 0.4) is 0 Å². The van der Waals surface area contributed by atoms with E-state index in [1.165, 1.54) is 113 Å². The Balaban J connectivity index is 0.00000220. The Labute approximate surface area is 173 Å². The van der Waals surface area contributed by atoms with Crippen LogP contribution in [0.2, 0.25) is 0 Å². The summed E-state index contributed by atoms with van der Waals surface area (Å²) in [5.74, 6) is 0. The number of rotatable bonds is 10. The van der Waals surface area contributed by atoms with E-state index in [0.29, 0.717) is 0 Å². The molecule has 0 aromatic heterocycles. The fourth-order valence-electron chi connectivity index (χ4n) is 4.36. The van der Waals surface area contributed by atoms with Crippen LogP contribution in [0.4, 0.5) is 0 Å². The molecule has 0 atom stereocenters. The van der Waals surface area contributed by atoms with Gasteiger partial charge in [0, 0.05) is 0 Å². The average molecular weight is 536 g/mol. The highest BCUT2D eigenvalue weighted by molar-refractivity contribution is 4.63. The molecule has 3 aliphatic rings. The van der Waals surface area contributed by atoms with Gasteiger partial charge in [-0.3, -0.25) is 0 Å². The van der Waals surface area contributed by atoms with Gasteiger partial charge in [0.1, 0.15) is 39.3 Å². The van der Waals surface area contributed by atoms with Crippen LogP contribution >= 0.6 is 0 Å². The second-order valence-corrected chi connectivity index (χ2v) is 7.59. The van der Waals surface area contributed by atoms with Crippen molar-refractivity contribution in [3.05, 3.63) is 0 Å². The summed E-state index contributed by atoms with van der Waals surface area (Å²) in [6, 6.07) is 0. The van der Waals surface area contributed by atoms with Crippen LogP contribution in [0.1, 0.15) is 65.2 Å². The predicted molar refractivity (Wildman–Crippen MR) is 87.7 cm³/mol. The van der Waals surface area contributed by atoms with Crippen LogP contribution in [0.15, 0.2) is 0 Å². The Hall–Kier alpha value is 1.38. The molecule has 3 fully saturated rings. The topological polar surface area (TPSA) is 0 Å². The Morgan fingerprint density at radius 2 is 0.818 bits per heavy atom. The van der Waals surface area contributed by atoms with E-state index in [1.807, 2.05) is 0 Å². The number of piperazine rings is 3. The molecular weight excluding hydrogens is 498 g/mol. The molecule has 0 aliphatic carbocycles. The molecule has 0 N–H and O–H groups in total. The summed E-state index contributed by atoms with van der Waals surface area (Å²) < 4.78 is 2.97. The molecule has 134 valence electrons. The zero-order valence-electron chi connectivity index (χ0n) is 15.0. The second kappa shape index (κ2) is 11.9. The summed E-state index contributed by atoms with van der Waals surface area (Å²) in [5, 5.41) is 0. The van der Waals surface area contributed by atoms with Gasteiger partial charge in [-0.1, -0.05) is 39.5 Å². The number of halogens is 2. The Bertz CT molecular complexity index is 232. The van der Waals surface area contributed by atoms with Gasteiger partial charge in [0.05, 0.1) is 13.1 Å². The molecule has 3 heterocycles. The molecule has 0 spiro atoms. The molecule has 0 saturated carbocycles. The molecule has 0 aromatic rings. The minimum Gasteiger partial charge on any atom is -1.00 e. The van der Waals surface area contributed by atoms with Gasteiger partial charge in [-0.25, -0.2) is 0 Å². The minimum atomic E-state index is 0. The highest BCUT2D eigenvalue weighted by Gasteiger charge is 2.47. The molecule has 2 bridgehead atoms. The summed E-state index contributed by atoms with van der Waals surface area (Å²) in [6.45, 7) is 16.5. The van der Waals surface area contributed by atoms with Crippen LogP contribution in [0.25, 0.3) is 0 Å². The summed E-state index contributed by atoms with van der Waals surface area (Å²) in [7, 11) is 0. The standard InChI is InChI=1S/C18H38N2.2HI/c1-3-5-7-9-11-19-13-16-20(17-14-19,18-15-19)12-10-8-6-4-2;;/h3-18H2,1-2H3;2*1H/q+2;;/p-2. The summed E-state index contributed by atoms with van der Waals surface area (Å²) >= 11 is 0. The largest absolute Gasteiger partial charge is 1.00 e. The molecule has 0 unspecified atom stereocenters. The molecule has 3 saturated heterocycles. The normalized spacial score (nSPS) is 29.7. The highest BCUT2D eigenvalue weighted by atomic mass is 127. The van der Waals surface area contributed by atoms with Crippen LogP contribution in [-0.2, 0) is 0 Å². The van der Waals surface area contributed by atoms with E-state index >= 15 is 0 Å². The van der Waals surface area contributed by atoms with Crippen molar-refractivity contribution in [3.63, 3.8) is 0 Å². The number of fused-ring (bicyclic) bond motifs is 3. The van der Waals surface area contributed by atoms with Gasteiger partial charge in [0.25, 0.3) is 0 Å². The summed E-state index contributed by atoms with van der Waals surface area (Å²) in [5.41, 5.74) is 0. The third-order valence-electron chi connectivity index (χ3n) is 6.12. The lowest BCUT2D eigenvalue weighted by atomic mass is 10.0. The summed E-state index contributed by atoms with van der Waals surface area (Å²) in [6.07, 6.45) is 11.5. The molecule has 3 aliphatic heterocycles. The van der Waals surface area contributed by atoms with Gasteiger partial charge < -0.3 is 56.9 Å². The molecule has 2 nitrogen and oxygen atoms in total. The third kappa shape index (κ3) is 6.71. The molecule has 0 aromatic carbocycles. The number of hydrogen-bond donors (Lipinski definition) is 0. The lowest BCUT2D eigenvalue weighted by molar-refractivity contribution is -1.08. The molecule has 22 heavy (non-hydrogen) atoms. The van der Waals surface area contributed by atoms with Crippen molar-refractivity contribution in [2.24, 2.45) is 0 Å². The van der Waals surface area contributed by atoms with Gasteiger partial charge in [-0.15, -0.1) is 0 Å². The zero-order chi connectivity index (χ0) is 14.3. The van der Waals surface area contributed by atoms with E-state index in [-0.39, 0.29) is 48.0 Å². The van der Waals surface area contributed by atoms with E-state index in [4.69, 9.17) is 0 Å². The van der Waals surface area contributed by atoms with Gasteiger partial charge in [-0.2, -0.15) is 0 Å². The van der Waals surface area contributed by atoms with Crippen LogP contribution < -0.4 is 48.0 Å². The van der Waals surface area contributed by atoms with Crippen LogP contribution in [0, 0.1) is 0 Å². The van der Waals surface area contributed by atoms with Crippen molar-refractivity contribution < 1.29 is 56.9 Å². The van der Waals surface area contributed by atoms with Crippen molar-refractivity contribution in [1.82, 2.24) is 0 Å². The van der Waals surface area contributed by atoms with Gasteiger partial charge in [0.15, 0.2) is 0 Å². The number of nitrogens with zero attached hydrogens (tertiary/aromatic N) is 2. The van der Waals surface area contributed by atoms with Crippen LogP contribution in [-0.4, -0.2) is 61.3 Å². The first-order chi connectivity index (χ1) is 9.74. The second-order valence-electron chi connectivity index (χ2n) is 7.59. The monoisotopic (exact) mass is 536 g/mol. The number of unbranched alkanes of at least 4 members (excludes halogenated alkanes) is 6. The first-order valence-electron chi connectivity index (χ1n) is 9.44. The molecule has 0 amide bonds. The fraction of sp³-hybridized carbons (Fsp3) is 1.00. The van der Waals surface area contributed by atoms with Crippen molar-refractivity contribution in [2.45, 2.75) is 65.2 Å². The SMILES string of the molecule is CCCCCC[N+]12CC[N+](CCCCCC)(CC1)CC2.[I-].[I-]. The maximum Gasteiger partial charge on any atom is 0.129 e. The fourth-order valence-corrected chi connectivity index (χ4v) is 4.36. The molecule has 0 radical (unpaired) electrons. The van der Waals surface area contributed by atoms with E-state index in [1.54, 1.807) is 0 Å². The van der Waals surface area contributed by atoms with Crippen LogP contribution in [0.5, 0.6) is 0 Å². The molecule has 3 rings (SSSR count). The lowest BCUT2D eigenvalue weighted by Crippen LogP contribution is -3.00. The number of hydrogen-bond acceptors (Lipinski definition) is 0. The third-order valence-corrected chi connectivity index (χ3v) is 6.12. The zero-order valence-corrected chi connectivity index (χ0v) is 19.3. The van der Waals surface area contributed by atoms with Gasteiger partial charge in [-0.05, 0) is 25.7 Å². The number of quaternary nitrogens is 2. The molecular formula is C18H38I2N2. The Morgan fingerprint density at radius 3 is 1.09 bits per heavy atom. The van der Waals surface area contributed by atoms with E-state index < -0.39 is 0 Å². The van der Waals surface area contributed by atoms with Crippen molar-refractivity contribution >= 4 is 0 Å². The van der Waals surface area contributed by atoms with Crippen molar-refractivity contribution in [2.75, 3.05) is 52.4 Å². The molecule has 4 heteroatoms.